The molecule has 5 heteroatoms. The molecule has 1 fully saturated rings. The van der Waals surface area contributed by atoms with Crippen molar-refractivity contribution in [3.8, 4) is 0 Å². The van der Waals surface area contributed by atoms with Crippen LogP contribution >= 0.6 is 11.6 Å². The van der Waals surface area contributed by atoms with Crippen LogP contribution in [0, 0.1) is 0 Å². The van der Waals surface area contributed by atoms with Gasteiger partial charge >= 0.3 is 0 Å². The minimum Gasteiger partial charge on any atom is -0.399 e. The van der Waals surface area contributed by atoms with Crippen molar-refractivity contribution in [1.29, 1.82) is 0 Å². The van der Waals surface area contributed by atoms with Crippen molar-refractivity contribution in [3.05, 3.63) is 28.8 Å². The number of likely N-dealkylation sites (tertiary alicyclic amines) is 1. The average molecular weight is 282 g/mol. The number of amides is 1. The van der Waals surface area contributed by atoms with Crippen molar-refractivity contribution >= 4 is 23.2 Å². The first kappa shape index (κ1) is 14.2. The zero-order chi connectivity index (χ0) is 14.0. The monoisotopic (exact) mass is 281 g/mol. The second-order valence-electron chi connectivity index (χ2n) is 5.26. The Bertz CT molecular complexity index is 448. The van der Waals surface area contributed by atoms with Crippen LogP contribution in [-0.2, 0) is 0 Å². The molecule has 0 atom stereocenters. The summed E-state index contributed by atoms with van der Waals surface area (Å²) in [4.78, 5) is 16.5. The molecule has 1 aromatic rings. The van der Waals surface area contributed by atoms with Gasteiger partial charge in [0.25, 0.3) is 5.91 Å². The molecular weight excluding hydrogens is 262 g/mol. The number of nitrogen functional groups attached to an aromatic ring is 1. The van der Waals surface area contributed by atoms with E-state index in [0.29, 0.717) is 22.3 Å². The Balaban J connectivity index is 2.05. The maximum atomic E-state index is 12.4. The molecule has 104 valence electrons. The van der Waals surface area contributed by atoms with Gasteiger partial charge in [-0.15, -0.1) is 0 Å². The molecule has 19 heavy (non-hydrogen) atoms. The first-order valence-corrected chi connectivity index (χ1v) is 6.87. The van der Waals surface area contributed by atoms with Gasteiger partial charge in [0.15, 0.2) is 0 Å². The largest absolute Gasteiger partial charge is 0.399 e. The van der Waals surface area contributed by atoms with Gasteiger partial charge in [0, 0.05) is 35.4 Å². The van der Waals surface area contributed by atoms with E-state index in [1.165, 1.54) is 0 Å². The van der Waals surface area contributed by atoms with E-state index in [9.17, 15) is 4.79 Å². The quantitative estimate of drug-likeness (QED) is 0.845. The van der Waals surface area contributed by atoms with Crippen molar-refractivity contribution in [3.63, 3.8) is 0 Å². The maximum absolute atomic E-state index is 12.4. The summed E-state index contributed by atoms with van der Waals surface area (Å²) in [6.45, 7) is 1.57. The SMILES string of the molecule is CN(C)C1CCN(C(=O)c2cc(N)cc(Cl)c2)CC1. The number of hydrogen-bond acceptors (Lipinski definition) is 3. The molecule has 1 amide bonds. The van der Waals surface area contributed by atoms with Crippen molar-refractivity contribution in [2.75, 3.05) is 32.9 Å². The number of rotatable bonds is 2. The number of halogens is 1. The predicted molar refractivity (Wildman–Crippen MR) is 78.5 cm³/mol. The molecule has 2 rings (SSSR count). The number of nitrogens with zero attached hydrogens (tertiary/aromatic N) is 2. The smallest absolute Gasteiger partial charge is 0.253 e. The summed E-state index contributed by atoms with van der Waals surface area (Å²) < 4.78 is 0. The third-order valence-electron chi connectivity index (χ3n) is 3.65. The Morgan fingerprint density at radius 2 is 1.95 bits per heavy atom. The van der Waals surface area contributed by atoms with Crippen LogP contribution in [0.15, 0.2) is 18.2 Å². The highest BCUT2D eigenvalue weighted by Crippen LogP contribution is 2.21. The van der Waals surface area contributed by atoms with E-state index >= 15 is 0 Å². The minimum absolute atomic E-state index is 0.0198. The Labute approximate surface area is 119 Å². The standard InChI is InChI=1S/C14H20ClN3O/c1-17(2)13-3-5-18(6-4-13)14(19)10-7-11(15)9-12(16)8-10/h7-9,13H,3-6,16H2,1-2H3. The Kier molecular flexibility index (Phi) is 4.32. The summed E-state index contributed by atoms with van der Waals surface area (Å²) in [5.41, 5.74) is 6.83. The lowest BCUT2D eigenvalue weighted by Gasteiger charge is -2.35. The summed E-state index contributed by atoms with van der Waals surface area (Å²) >= 11 is 5.94. The summed E-state index contributed by atoms with van der Waals surface area (Å²) in [6, 6.07) is 5.58. The van der Waals surface area contributed by atoms with E-state index in [4.69, 9.17) is 17.3 Å². The lowest BCUT2D eigenvalue weighted by molar-refractivity contribution is 0.0663. The van der Waals surface area contributed by atoms with Crippen LogP contribution in [0.5, 0.6) is 0 Å². The molecule has 1 heterocycles. The summed E-state index contributed by atoms with van der Waals surface area (Å²) in [6.07, 6.45) is 2.02. The highest BCUT2D eigenvalue weighted by atomic mass is 35.5. The molecule has 1 saturated heterocycles. The fourth-order valence-electron chi connectivity index (χ4n) is 2.50. The van der Waals surface area contributed by atoms with Crippen LogP contribution in [0.25, 0.3) is 0 Å². The van der Waals surface area contributed by atoms with Crippen molar-refractivity contribution in [1.82, 2.24) is 9.80 Å². The predicted octanol–water partition coefficient (Wildman–Crippen LogP) is 2.09. The van der Waals surface area contributed by atoms with Crippen LogP contribution in [0.4, 0.5) is 5.69 Å². The first-order valence-electron chi connectivity index (χ1n) is 6.49. The van der Waals surface area contributed by atoms with Gasteiger partial charge in [-0.05, 0) is 45.1 Å². The normalized spacial score (nSPS) is 16.9. The van der Waals surface area contributed by atoms with Gasteiger partial charge in [0.05, 0.1) is 0 Å². The van der Waals surface area contributed by atoms with Crippen molar-refractivity contribution < 1.29 is 4.79 Å². The van der Waals surface area contributed by atoms with E-state index in [-0.39, 0.29) is 5.91 Å². The number of nitrogens with two attached hydrogens (primary N) is 1. The van der Waals surface area contributed by atoms with Crippen LogP contribution in [0.2, 0.25) is 5.02 Å². The second-order valence-corrected chi connectivity index (χ2v) is 5.70. The molecule has 0 spiro atoms. The van der Waals surface area contributed by atoms with Gasteiger partial charge in [-0.25, -0.2) is 0 Å². The summed E-state index contributed by atoms with van der Waals surface area (Å²) in [5, 5.41) is 0.506. The highest BCUT2D eigenvalue weighted by molar-refractivity contribution is 6.31. The van der Waals surface area contributed by atoms with E-state index in [1.54, 1.807) is 18.2 Å². The molecule has 0 aromatic heterocycles. The molecule has 0 bridgehead atoms. The number of carbonyl (C=O) groups excluding carboxylic acids is 1. The van der Waals surface area contributed by atoms with Crippen molar-refractivity contribution in [2.45, 2.75) is 18.9 Å². The molecule has 1 aliphatic heterocycles. The number of carbonyl (C=O) groups is 1. The zero-order valence-electron chi connectivity index (χ0n) is 11.4. The Morgan fingerprint density at radius 3 is 2.47 bits per heavy atom. The van der Waals surface area contributed by atoms with Gasteiger partial charge in [0.2, 0.25) is 0 Å². The Hall–Kier alpha value is -1.26. The average Bonchev–Trinajstić information content (AvgIpc) is 2.37. The van der Waals surface area contributed by atoms with Gasteiger partial charge in [-0.2, -0.15) is 0 Å². The molecule has 1 aliphatic rings. The zero-order valence-corrected chi connectivity index (χ0v) is 12.2. The van der Waals surface area contributed by atoms with E-state index in [2.05, 4.69) is 19.0 Å². The number of hydrogen-bond donors (Lipinski definition) is 1. The second kappa shape index (κ2) is 5.80. The number of anilines is 1. The molecule has 0 saturated carbocycles. The van der Waals surface area contributed by atoms with Crippen LogP contribution in [0.1, 0.15) is 23.2 Å². The minimum atomic E-state index is 0.0198. The fourth-order valence-corrected chi connectivity index (χ4v) is 2.75. The third kappa shape index (κ3) is 3.39. The molecule has 2 N–H and O–H groups in total. The third-order valence-corrected chi connectivity index (χ3v) is 3.87. The molecule has 1 aromatic carbocycles. The van der Waals surface area contributed by atoms with E-state index in [1.807, 2.05) is 4.90 Å². The number of piperidine rings is 1. The van der Waals surface area contributed by atoms with Gasteiger partial charge in [0.1, 0.15) is 0 Å². The van der Waals surface area contributed by atoms with E-state index in [0.717, 1.165) is 25.9 Å². The van der Waals surface area contributed by atoms with Crippen LogP contribution in [-0.4, -0.2) is 48.9 Å². The summed E-state index contributed by atoms with van der Waals surface area (Å²) in [5.74, 6) is 0.0198. The Morgan fingerprint density at radius 1 is 1.32 bits per heavy atom. The van der Waals surface area contributed by atoms with Crippen LogP contribution < -0.4 is 5.73 Å². The van der Waals surface area contributed by atoms with Gasteiger partial charge in [-0.1, -0.05) is 11.6 Å². The lowest BCUT2D eigenvalue weighted by atomic mass is 10.0. The summed E-state index contributed by atoms with van der Waals surface area (Å²) in [7, 11) is 4.17. The molecule has 0 aliphatic carbocycles. The number of benzene rings is 1. The fraction of sp³-hybridized carbons (Fsp3) is 0.500. The first-order chi connectivity index (χ1) is 8.97. The highest BCUT2D eigenvalue weighted by Gasteiger charge is 2.24. The topological polar surface area (TPSA) is 49.6 Å². The molecule has 0 radical (unpaired) electrons. The van der Waals surface area contributed by atoms with Gasteiger partial charge in [-0.3, -0.25) is 4.79 Å². The van der Waals surface area contributed by atoms with E-state index < -0.39 is 0 Å². The molecule has 0 unspecified atom stereocenters. The van der Waals surface area contributed by atoms with Gasteiger partial charge < -0.3 is 15.5 Å². The maximum Gasteiger partial charge on any atom is 0.253 e. The van der Waals surface area contributed by atoms with Crippen LogP contribution in [0.3, 0.4) is 0 Å². The molecular formula is C14H20ClN3O. The van der Waals surface area contributed by atoms with Crippen molar-refractivity contribution in [2.24, 2.45) is 0 Å². The lowest BCUT2D eigenvalue weighted by Crippen LogP contribution is -2.44. The molecule has 4 nitrogen and oxygen atoms in total.